The molecular weight excluding hydrogens is 1050 g/mol. The number of carbonyl (C=O) groups excluding carboxylic acids is 1. The number of aromatic nitrogens is 4. The van der Waals surface area contributed by atoms with Crippen LogP contribution >= 0.6 is 0 Å². The summed E-state index contributed by atoms with van der Waals surface area (Å²) in [5, 5.41) is 5.40. The summed E-state index contributed by atoms with van der Waals surface area (Å²) in [6.45, 7) is 40.4. The average molecular weight is 1150 g/mol. The zero-order chi connectivity index (χ0) is 62.0. The van der Waals surface area contributed by atoms with Gasteiger partial charge in [0.25, 0.3) is 0 Å². The standard InChI is InChI=1S/C13H17NO.C13H17N.C13H16O.C12H16N2.C12H15NO.C12H16O2/c1-13(2,3)8-9-4-5-10-7-12(15)14-11(10)6-9;2*1-13(2,3)9-11-8-10-6-4-5-7-12(10)14-11;2*1-12(2,3)8-11-13-9-6-4-5-7-10(9)14-11;1-12(2,3)7-9-4-5-10-11(6-9)14-8-13-10/h4-6H,7-8H2,1-3H3,(H,14,15);4-8,14H,9H2,1-3H3;4-8H,9H2,1-3H3;4-7H,8H2,1-3H3,(H,13,14);4-7H,8H2,1-3H3;4-6H,7-8H2,1-3H3. The number of hydrogen-bond donors (Lipinski definition) is 3. The Morgan fingerprint density at radius 1 is 0.435 bits per heavy atom. The molecule has 1 amide bonds. The summed E-state index contributed by atoms with van der Waals surface area (Å²) in [6, 6.07) is 49.5. The van der Waals surface area contributed by atoms with Crippen LogP contribution in [-0.4, -0.2) is 32.6 Å². The van der Waals surface area contributed by atoms with Crippen molar-refractivity contribution in [2.75, 3.05) is 12.1 Å². The first kappa shape index (κ1) is 65.0. The molecule has 0 spiro atoms. The van der Waals surface area contributed by atoms with Crippen LogP contribution in [0.1, 0.15) is 164 Å². The zero-order valence-corrected chi connectivity index (χ0v) is 54.4. The number of nitrogens with zero attached hydrogens (tertiary/aromatic N) is 2. The molecule has 10 heteroatoms. The zero-order valence-electron chi connectivity index (χ0n) is 54.4. The van der Waals surface area contributed by atoms with Gasteiger partial charge in [-0.15, -0.1) is 0 Å². The Hall–Kier alpha value is -7.59. The van der Waals surface area contributed by atoms with Gasteiger partial charge in [-0.3, -0.25) is 4.79 Å². The van der Waals surface area contributed by atoms with E-state index in [2.05, 4.69) is 229 Å². The number of benzene rings is 6. The fourth-order valence-corrected chi connectivity index (χ4v) is 10.1. The quantitative estimate of drug-likeness (QED) is 0.151. The van der Waals surface area contributed by atoms with Crippen molar-refractivity contribution in [1.82, 2.24) is 19.9 Å². The number of furan rings is 1. The number of hydrogen-bond acceptors (Lipinski definition) is 7. The number of aromatic amines is 2. The molecule has 2 aliphatic heterocycles. The molecule has 452 valence electrons. The highest BCUT2D eigenvalue weighted by Crippen LogP contribution is 2.35. The van der Waals surface area contributed by atoms with Crippen molar-refractivity contribution in [2.45, 2.75) is 170 Å². The van der Waals surface area contributed by atoms with Crippen molar-refractivity contribution in [3.05, 3.63) is 185 Å². The number of H-pyrrole nitrogens is 2. The number of oxazole rings is 1. The van der Waals surface area contributed by atoms with E-state index in [4.69, 9.17) is 18.3 Å². The Morgan fingerprint density at radius 2 is 0.976 bits per heavy atom. The van der Waals surface area contributed by atoms with E-state index in [1.54, 1.807) is 0 Å². The van der Waals surface area contributed by atoms with Gasteiger partial charge in [-0.05, 0) is 141 Å². The van der Waals surface area contributed by atoms with E-state index >= 15 is 0 Å². The molecule has 0 atom stereocenters. The summed E-state index contributed by atoms with van der Waals surface area (Å²) in [5.74, 6) is 4.85. The lowest BCUT2D eigenvalue weighted by atomic mass is 9.88. The summed E-state index contributed by atoms with van der Waals surface area (Å²) in [6.07, 6.45) is 6.58. The summed E-state index contributed by atoms with van der Waals surface area (Å²) in [7, 11) is 0. The Kier molecular flexibility index (Phi) is 20.8. The molecule has 6 heterocycles. The fourth-order valence-electron chi connectivity index (χ4n) is 10.1. The van der Waals surface area contributed by atoms with Crippen molar-refractivity contribution < 1.29 is 23.1 Å². The maximum atomic E-state index is 11.2. The second kappa shape index (κ2) is 27.2. The highest BCUT2D eigenvalue weighted by molar-refractivity contribution is 5.99. The number of ether oxygens (including phenoxy) is 2. The Morgan fingerprint density at radius 3 is 1.58 bits per heavy atom. The van der Waals surface area contributed by atoms with Gasteiger partial charge in [0.15, 0.2) is 23.0 Å². The van der Waals surface area contributed by atoms with Crippen LogP contribution in [0, 0.1) is 32.5 Å². The van der Waals surface area contributed by atoms with Crippen molar-refractivity contribution in [3.8, 4) is 11.5 Å². The molecule has 0 radical (unpaired) electrons. The number of anilines is 1. The number of para-hydroxylation sites is 6. The molecule has 4 aromatic heterocycles. The van der Waals surface area contributed by atoms with E-state index in [-0.39, 0.29) is 27.6 Å². The summed E-state index contributed by atoms with van der Waals surface area (Å²) in [5.41, 5.74) is 14.1. The number of imidazole rings is 1. The molecule has 3 N–H and O–H groups in total. The smallest absolute Gasteiger partial charge is 0.231 e. The third-order valence-corrected chi connectivity index (χ3v) is 13.3. The predicted octanol–water partition coefficient (Wildman–Crippen LogP) is 20.1. The minimum Gasteiger partial charge on any atom is -0.461 e. The third kappa shape index (κ3) is 22.1. The predicted molar refractivity (Wildman–Crippen MR) is 355 cm³/mol. The highest BCUT2D eigenvalue weighted by Gasteiger charge is 2.21. The van der Waals surface area contributed by atoms with E-state index in [1.165, 1.54) is 33.1 Å². The Bertz CT molecular complexity index is 3280. The molecule has 0 unspecified atom stereocenters. The van der Waals surface area contributed by atoms with Gasteiger partial charge in [-0.2, -0.15) is 0 Å². The molecule has 6 aromatic carbocycles. The molecule has 2 aliphatic rings. The largest absolute Gasteiger partial charge is 0.461 e. The lowest BCUT2D eigenvalue weighted by molar-refractivity contribution is -0.115. The lowest BCUT2D eigenvalue weighted by Gasteiger charge is -2.18. The van der Waals surface area contributed by atoms with E-state index < -0.39 is 0 Å². The van der Waals surface area contributed by atoms with Gasteiger partial charge in [0.2, 0.25) is 12.7 Å². The topological polar surface area (TPSA) is 131 Å². The van der Waals surface area contributed by atoms with Crippen LogP contribution in [0.5, 0.6) is 11.5 Å². The number of carbonyl (C=O) groups is 1. The second-order valence-electron chi connectivity index (χ2n) is 30.2. The molecule has 10 aromatic rings. The minimum atomic E-state index is 0.109. The van der Waals surface area contributed by atoms with E-state index in [1.807, 2.05) is 66.7 Å². The van der Waals surface area contributed by atoms with Gasteiger partial charge < -0.3 is 33.6 Å². The number of nitrogens with one attached hydrogen (secondary N) is 3. The first-order chi connectivity index (χ1) is 39.7. The Labute approximate surface area is 507 Å². The first-order valence-electron chi connectivity index (χ1n) is 30.3. The molecule has 0 bridgehead atoms. The van der Waals surface area contributed by atoms with Crippen LogP contribution in [0.15, 0.2) is 154 Å². The van der Waals surface area contributed by atoms with Crippen LogP contribution < -0.4 is 14.8 Å². The fraction of sp³-hybridized carbons (Fsp3) is 0.427. The molecule has 0 fully saturated rings. The normalized spacial score (nSPS) is 13.1. The number of rotatable bonds is 6. The van der Waals surface area contributed by atoms with Gasteiger partial charge in [0, 0.05) is 41.5 Å². The van der Waals surface area contributed by atoms with Crippen molar-refractivity contribution >= 4 is 55.6 Å². The molecule has 10 nitrogen and oxygen atoms in total. The molecule has 85 heavy (non-hydrogen) atoms. The van der Waals surface area contributed by atoms with E-state index in [0.29, 0.717) is 24.0 Å². The number of amides is 1. The SMILES string of the molecule is CC(C)(C)Cc1cc2ccccc2[nH]1.CC(C)(C)Cc1cc2ccccc2o1.CC(C)(C)Cc1ccc2c(c1)NC(=O)C2.CC(C)(C)Cc1ccc2c(c1)OCO2.CC(C)(C)Cc1nc2ccccc2[nH]1.CC(C)(C)Cc1nc2ccccc2o1. The van der Waals surface area contributed by atoms with Crippen molar-refractivity contribution in [3.63, 3.8) is 0 Å². The lowest BCUT2D eigenvalue weighted by Crippen LogP contribution is -2.10. The molecular formula is C75H97N5O5. The van der Waals surface area contributed by atoms with Crippen LogP contribution in [-0.2, 0) is 49.7 Å². The van der Waals surface area contributed by atoms with Crippen LogP contribution in [0.2, 0.25) is 0 Å². The Balaban J connectivity index is 0.000000146. The third-order valence-electron chi connectivity index (χ3n) is 13.3. The maximum Gasteiger partial charge on any atom is 0.231 e. The van der Waals surface area contributed by atoms with Gasteiger partial charge in [-0.1, -0.05) is 203 Å². The summed E-state index contributed by atoms with van der Waals surface area (Å²) >= 11 is 0. The van der Waals surface area contributed by atoms with Gasteiger partial charge in [-0.25, -0.2) is 9.97 Å². The first-order valence-corrected chi connectivity index (χ1v) is 30.3. The average Bonchev–Trinajstić information content (AvgIpc) is 4.34. The molecule has 0 saturated heterocycles. The van der Waals surface area contributed by atoms with Gasteiger partial charge in [0.1, 0.15) is 22.7 Å². The van der Waals surface area contributed by atoms with Crippen molar-refractivity contribution in [2.24, 2.45) is 32.5 Å². The molecule has 12 rings (SSSR count). The van der Waals surface area contributed by atoms with Gasteiger partial charge >= 0.3 is 0 Å². The van der Waals surface area contributed by atoms with Crippen molar-refractivity contribution in [1.29, 1.82) is 0 Å². The maximum absolute atomic E-state index is 11.2. The summed E-state index contributed by atoms with van der Waals surface area (Å²) in [4.78, 5) is 27.0. The minimum absolute atomic E-state index is 0.109. The molecule has 0 aliphatic carbocycles. The highest BCUT2D eigenvalue weighted by atomic mass is 16.7. The van der Waals surface area contributed by atoms with Crippen LogP contribution in [0.3, 0.4) is 0 Å². The van der Waals surface area contributed by atoms with E-state index in [9.17, 15) is 4.79 Å². The monoisotopic (exact) mass is 1150 g/mol. The summed E-state index contributed by atoms with van der Waals surface area (Å²) < 4.78 is 22.0. The van der Waals surface area contributed by atoms with E-state index in [0.717, 1.165) is 106 Å². The van der Waals surface area contributed by atoms with Crippen LogP contribution in [0.4, 0.5) is 5.69 Å². The van der Waals surface area contributed by atoms with Crippen LogP contribution in [0.25, 0.3) is 44.0 Å². The van der Waals surface area contributed by atoms with Gasteiger partial charge in [0.05, 0.1) is 17.5 Å². The molecule has 0 saturated carbocycles. The second-order valence-corrected chi connectivity index (χ2v) is 30.2. The number of fused-ring (bicyclic) bond motifs is 6.